The van der Waals surface area contributed by atoms with Gasteiger partial charge in [0.2, 0.25) is 5.91 Å². The van der Waals surface area contributed by atoms with Gasteiger partial charge in [0.15, 0.2) is 0 Å². The lowest BCUT2D eigenvalue weighted by atomic mass is 10.1. The first-order valence-corrected chi connectivity index (χ1v) is 9.96. The number of nitrogens with zero attached hydrogens (tertiary/aromatic N) is 3. The summed E-state index contributed by atoms with van der Waals surface area (Å²) in [6, 6.07) is 17.8. The van der Waals surface area contributed by atoms with E-state index in [2.05, 4.69) is 4.98 Å². The van der Waals surface area contributed by atoms with Gasteiger partial charge in [-0.1, -0.05) is 41.9 Å². The van der Waals surface area contributed by atoms with Crippen molar-refractivity contribution < 1.29 is 4.79 Å². The molecule has 3 aromatic rings. The van der Waals surface area contributed by atoms with Gasteiger partial charge in [-0.15, -0.1) is 0 Å². The van der Waals surface area contributed by atoms with E-state index in [1.165, 1.54) is 0 Å². The molecule has 1 fully saturated rings. The van der Waals surface area contributed by atoms with E-state index in [0.29, 0.717) is 12.8 Å². The van der Waals surface area contributed by atoms with Gasteiger partial charge in [-0.05, 0) is 48.2 Å². The Morgan fingerprint density at radius 2 is 2.00 bits per heavy atom. The molecule has 0 radical (unpaired) electrons. The van der Waals surface area contributed by atoms with Gasteiger partial charge in [-0.2, -0.15) is 0 Å². The lowest BCUT2D eigenvalue weighted by Gasteiger charge is -2.25. The Morgan fingerprint density at radius 1 is 1.11 bits per heavy atom. The predicted molar refractivity (Wildman–Crippen MR) is 110 cm³/mol. The summed E-state index contributed by atoms with van der Waals surface area (Å²) >= 11 is 6.30. The number of hydrogen-bond acceptors (Lipinski definition) is 3. The van der Waals surface area contributed by atoms with Gasteiger partial charge < -0.3 is 4.90 Å². The highest BCUT2D eigenvalue weighted by Gasteiger charge is 2.30. The lowest BCUT2D eigenvalue weighted by molar-refractivity contribution is -0.131. The van der Waals surface area contributed by atoms with E-state index >= 15 is 0 Å². The van der Waals surface area contributed by atoms with E-state index in [9.17, 15) is 4.79 Å². The number of carbonyl (C=O) groups excluding carboxylic acids is 1. The molecule has 0 spiro atoms. The zero-order chi connectivity index (χ0) is 19.3. The van der Waals surface area contributed by atoms with E-state index in [4.69, 9.17) is 16.6 Å². The highest BCUT2D eigenvalue weighted by Crippen LogP contribution is 2.31. The molecule has 1 amide bonds. The van der Waals surface area contributed by atoms with E-state index in [-0.39, 0.29) is 11.9 Å². The summed E-state index contributed by atoms with van der Waals surface area (Å²) in [6.07, 6.45) is 6.49. The molecule has 0 saturated carbocycles. The van der Waals surface area contributed by atoms with Crippen LogP contribution in [0.3, 0.4) is 0 Å². The highest BCUT2D eigenvalue weighted by molar-refractivity contribution is 6.31. The molecule has 0 bridgehead atoms. The average Bonchev–Trinajstić information content (AvgIpc) is 3.21. The molecule has 1 atom stereocenters. The van der Waals surface area contributed by atoms with Crippen molar-refractivity contribution in [3.05, 3.63) is 94.5 Å². The van der Waals surface area contributed by atoms with Crippen LogP contribution in [0.2, 0.25) is 5.02 Å². The summed E-state index contributed by atoms with van der Waals surface area (Å²) in [5.74, 6) is 0.133. The van der Waals surface area contributed by atoms with Gasteiger partial charge in [0.1, 0.15) is 0 Å². The molecule has 4 rings (SSSR count). The zero-order valence-electron chi connectivity index (χ0n) is 15.6. The van der Waals surface area contributed by atoms with E-state index < -0.39 is 0 Å². The Kier molecular flexibility index (Phi) is 5.68. The van der Waals surface area contributed by atoms with Crippen LogP contribution in [-0.4, -0.2) is 27.3 Å². The second kappa shape index (κ2) is 8.53. The molecule has 2 aromatic heterocycles. The number of carbonyl (C=O) groups is 1. The van der Waals surface area contributed by atoms with Gasteiger partial charge in [0.25, 0.3) is 0 Å². The number of halogens is 1. The highest BCUT2D eigenvalue weighted by atomic mass is 35.5. The lowest BCUT2D eigenvalue weighted by Crippen LogP contribution is -2.32. The second-order valence-electron chi connectivity index (χ2n) is 7.11. The van der Waals surface area contributed by atoms with Crippen LogP contribution in [0, 0.1) is 0 Å². The minimum atomic E-state index is 0.0374. The number of aromatic nitrogens is 2. The first-order valence-electron chi connectivity index (χ1n) is 9.58. The van der Waals surface area contributed by atoms with Crippen LogP contribution in [-0.2, 0) is 17.6 Å². The van der Waals surface area contributed by atoms with Crippen LogP contribution in [0.1, 0.15) is 41.4 Å². The molecule has 5 heteroatoms. The number of pyridine rings is 2. The van der Waals surface area contributed by atoms with Gasteiger partial charge in [-0.3, -0.25) is 14.8 Å². The molecule has 1 aliphatic heterocycles. The molecular formula is C23H22ClN3O. The van der Waals surface area contributed by atoms with Crippen LogP contribution in [0.4, 0.5) is 0 Å². The minimum absolute atomic E-state index is 0.0374. The fraction of sp³-hybridized carbons (Fsp3) is 0.261. The van der Waals surface area contributed by atoms with Crippen molar-refractivity contribution in [2.24, 2.45) is 0 Å². The quantitative estimate of drug-likeness (QED) is 0.637. The molecule has 1 aliphatic rings. The second-order valence-corrected chi connectivity index (χ2v) is 7.51. The number of benzene rings is 1. The molecule has 4 nitrogen and oxygen atoms in total. The van der Waals surface area contributed by atoms with Crippen LogP contribution >= 0.6 is 11.6 Å². The first-order chi connectivity index (χ1) is 13.7. The molecule has 0 N–H and O–H groups in total. The Bertz CT molecular complexity index is 961. The van der Waals surface area contributed by atoms with Gasteiger partial charge in [0, 0.05) is 36.1 Å². The maximum atomic E-state index is 12.9. The van der Waals surface area contributed by atoms with Crippen LogP contribution < -0.4 is 0 Å². The van der Waals surface area contributed by atoms with Crippen molar-refractivity contribution in [2.45, 2.75) is 31.7 Å². The third-order valence-corrected chi connectivity index (χ3v) is 5.52. The topological polar surface area (TPSA) is 46.1 Å². The minimum Gasteiger partial charge on any atom is -0.334 e. The maximum absolute atomic E-state index is 12.9. The number of likely N-dealkylation sites (tertiary alicyclic amines) is 1. The average molecular weight is 392 g/mol. The van der Waals surface area contributed by atoms with Gasteiger partial charge >= 0.3 is 0 Å². The van der Waals surface area contributed by atoms with Gasteiger partial charge in [-0.25, -0.2) is 0 Å². The zero-order valence-corrected chi connectivity index (χ0v) is 16.3. The van der Waals surface area contributed by atoms with Crippen molar-refractivity contribution in [3.8, 4) is 0 Å². The summed E-state index contributed by atoms with van der Waals surface area (Å²) in [7, 11) is 0. The maximum Gasteiger partial charge on any atom is 0.227 e. The third kappa shape index (κ3) is 4.23. The summed E-state index contributed by atoms with van der Waals surface area (Å²) in [5, 5.41) is 0.754. The molecular weight excluding hydrogens is 370 g/mol. The molecule has 1 aromatic carbocycles. The Labute approximate surface area is 170 Å². The smallest absolute Gasteiger partial charge is 0.227 e. The first kappa shape index (κ1) is 18.6. The Balaban J connectivity index is 1.51. The van der Waals surface area contributed by atoms with Crippen molar-refractivity contribution in [3.63, 3.8) is 0 Å². The number of amides is 1. The van der Waals surface area contributed by atoms with Crippen molar-refractivity contribution in [2.75, 3.05) is 6.54 Å². The van der Waals surface area contributed by atoms with E-state index in [1.807, 2.05) is 59.5 Å². The fourth-order valence-corrected chi connectivity index (χ4v) is 3.97. The number of hydrogen-bond donors (Lipinski definition) is 0. The Morgan fingerprint density at radius 3 is 2.82 bits per heavy atom. The third-order valence-electron chi connectivity index (χ3n) is 5.15. The normalized spacial score (nSPS) is 16.3. The van der Waals surface area contributed by atoms with Crippen molar-refractivity contribution in [1.82, 2.24) is 14.9 Å². The van der Waals surface area contributed by atoms with Crippen LogP contribution in [0.25, 0.3) is 0 Å². The number of rotatable bonds is 5. The van der Waals surface area contributed by atoms with Crippen LogP contribution in [0.15, 0.2) is 67.0 Å². The van der Waals surface area contributed by atoms with Crippen LogP contribution in [0.5, 0.6) is 0 Å². The summed E-state index contributed by atoms with van der Waals surface area (Å²) in [5.41, 5.74) is 3.93. The molecule has 0 aliphatic carbocycles. The van der Waals surface area contributed by atoms with Crippen molar-refractivity contribution in [1.29, 1.82) is 0 Å². The molecule has 3 heterocycles. The summed E-state index contributed by atoms with van der Waals surface area (Å²) in [6.45, 7) is 0.778. The Hall–Kier alpha value is -2.72. The summed E-state index contributed by atoms with van der Waals surface area (Å²) in [4.78, 5) is 23.8. The summed E-state index contributed by atoms with van der Waals surface area (Å²) < 4.78 is 0. The molecule has 28 heavy (non-hydrogen) atoms. The van der Waals surface area contributed by atoms with Crippen molar-refractivity contribution >= 4 is 17.5 Å². The predicted octanol–water partition coefficient (Wildman–Crippen LogP) is 4.63. The monoisotopic (exact) mass is 391 g/mol. The SMILES string of the molecule is O=C(Cc1cccnc1)N1CCCC1c1cccc(Cc2ccccc2Cl)n1. The van der Waals surface area contributed by atoms with E-state index in [0.717, 1.165) is 46.9 Å². The standard InChI is InChI=1S/C23H22ClN3O/c24-20-9-2-1-7-18(20)15-19-8-3-10-21(26-19)22-11-5-13-27(22)23(28)14-17-6-4-12-25-16-17/h1-4,6-10,12,16,22H,5,11,13-15H2. The molecule has 1 unspecified atom stereocenters. The van der Waals surface area contributed by atoms with Gasteiger partial charge in [0.05, 0.1) is 18.2 Å². The molecule has 1 saturated heterocycles. The largest absolute Gasteiger partial charge is 0.334 e. The fourth-order valence-electron chi connectivity index (χ4n) is 3.77. The molecule has 142 valence electrons. The van der Waals surface area contributed by atoms with E-state index in [1.54, 1.807) is 12.4 Å².